The lowest BCUT2D eigenvalue weighted by atomic mass is 10.0. The smallest absolute Gasteiger partial charge is 0.329 e. The highest BCUT2D eigenvalue weighted by atomic mass is 79.9. The fourth-order valence-corrected chi connectivity index (χ4v) is 10.8. The molecule has 0 spiro atoms. The Morgan fingerprint density at radius 1 is 0.923 bits per heavy atom. The fraction of sp³-hybridized carbons (Fsp3) is 0.404. The lowest BCUT2D eigenvalue weighted by Gasteiger charge is -2.35. The van der Waals surface area contributed by atoms with Gasteiger partial charge in [-0.05, 0) is 122 Å². The summed E-state index contributed by atoms with van der Waals surface area (Å²) in [5.74, 6) is 0.872. The molecular formula is C47H57BrN11O5P. The van der Waals surface area contributed by atoms with Gasteiger partial charge in [0.1, 0.15) is 24.8 Å². The minimum atomic E-state index is -2.73. The van der Waals surface area contributed by atoms with E-state index in [0.717, 1.165) is 103 Å². The van der Waals surface area contributed by atoms with Gasteiger partial charge in [0.2, 0.25) is 17.8 Å². The monoisotopic (exact) mass is 965 g/mol. The number of fused-ring (bicyclic) bond motifs is 2. The molecule has 18 heteroatoms. The molecule has 1 atom stereocenters. The molecule has 2 fully saturated rings. The molecule has 0 bridgehead atoms. The predicted molar refractivity (Wildman–Crippen MR) is 263 cm³/mol. The molecule has 5 N–H and O–H groups in total. The normalized spacial score (nSPS) is 16.0. The number of pyridine rings is 1. The minimum absolute atomic E-state index is 0.215. The molecule has 2 saturated heterocycles. The maximum atomic E-state index is 13.6. The fourth-order valence-electron chi connectivity index (χ4n) is 9.03. The molecule has 2 amide bonds. The zero-order valence-electron chi connectivity index (χ0n) is 37.8. The summed E-state index contributed by atoms with van der Waals surface area (Å²) in [6.07, 6.45) is 5.89. The average Bonchev–Trinajstić information content (AvgIpc) is 3.53. The first kappa shape index (κ1) is 45.9. The highest BCUT2D eigenvalue weighted by molar-refractivity contribution is 9.10. The van der Waals surface area contributed by atoms with Gasteiger partial charge in [0.15, 0.2) is 0 Å². The Hall–Kier alpha value is -5.61. The van der Waals surface area contributed by atoms with E-state index in [2.05, 4.69) is 76.4 Å². The van der Waals surface area contributed by atoms with Crippen LogP contribution in [0.15, 0.2) is 70.1 Å². The Morgan fingerprint density at radius 3 is 2.46 bits per heavy atom. The first-order valence-electron chi connectivity index (χ1n) is 22.2. The van der Waals surface area contributed by atoms with Crippen LogP contribution >= 0.6 is 23.1 Å². The molecule has 0 saturated carbocycles. The van der Waals surface area contributed by atoms with Crippen LogP contribution in [0.1, 0.15) is 55.5 Å². The second-order valence-electron chi connectivity index (χ2n) is 17.2. The van der Waals surface area contributed by atoms with Crippen molar-refractivity contribution in [3.05, 3.63) is 92.6 Å². The first-order chi connectivity index (χ1) is 31.2. The van der Waals surface area contributed by atoms with Gasteiger partial charge in [-0.1, -0.05) is 19.1 Å². The van der Waals surface area contributed by atoms with Gasteiger partial charge in [0.05, 0.1) is 39.5 Å². The van der Waals surface area contributed by atoms with E-state index in [-0.39, 0.29) is 18.0 Å². The number of amides is 2. The summed E-state index contributed by atoms with van der Waals surface area (Å²) in [5, 5.41) is 18.1. The maximum absolute atomic E-state index is 13.6. The Bertz CT molecular complexity index is 2890. The van der Waals surface area contributed by atoms with Gasteiger partial charge in [-0.3, -0.25) is 29.0 Å². The number of imide groups is 1. The van der Waals surface area contributed by atoms with Gasteiger partial charge < -0.3 is 35.5 Å². The molecule has 8 rings (SSSR count). The van der Waals surface area contributed by atoms with Gasteiger partial charge in [-0.2, -0.15) is 4.98 Å². The molecule has 0 aliphatic carbocycles. The number of carbonyl (C=O) groups excluding carboxylic acids is 2. The number of ether oxygens (including phenoxy) is 1. The number of anilines is 5. The summed E-state index contributed by atoms with van der Waals surface area (Å²) in [5.41, 5.74) is 7.83. The van der Waals surface area contributed by atoms with E-state index in [9.17, 15) is 18.9 Å². The number of benzene rings is 3. The molecule has 0 radical (unpaired) electrons. The standard InChI is InChI=1S/C47H57BrN11O5P/c1-7-30-25-36(54-46-51-27-33(48)44(56-46)53-35-12-11-34-32(10-8-28(2)52-34)43(35)65(5,6)63)41(64-4)26-39(30)58-22-17-31(18-23-58)50-21-20-49-19-16-29-9-13-37-40(24-29)57(3)47(62)59(37)38-14-15-42(60)55-45(38)61/h8-13,24-27,31,38,49-50H,7,14-23H2,1-6H3,(H,55,60,61)(H2,51,53,54,56). The van der Waals surface area contributed by atoms with Crippen LogP contribution in [-0.4, -0.2) is 95.1 Å². The lowest BCUT2D eigenvalue weighted by Crippen LogP contribution is -2.44. The maximum Gasteiger partial charge on any atom is 0.329 e. The van der Waals surface area contributed by atoms with Crippen molar-refractivity contribution >= 4 is 91.0 Å². The van der Waals surface area contributed by atoms with Crippen LogP contribution in [-0.2, 0) is 34.0 Å². The van der Waals surface area contributed by atoms with Crippen molar-refractivity contribution < 1.29 is 18.9 Å². The number of nitrogens with zero attached hydrogens (tertiary/aromatic N) is 6. The number of nitrogens with one attached hydrogen (secondary N) is 5. The summed E-state index contributed by atoms with van der Waals surface area (Å²) in [6.45, 7) is 12.0. The number of carbonyl (C=O) groups is 2. The van der Waals surface area contributed by atoms with Crippen molar-refractivity contribution in [3.63, 3.8) is 0 Å². The Balaban J connectivity index is 0.842. The Labute approximate surface area is 386 Å². The predicted octanol–water partition coefficient (Wildman–Crippen LogP) is 6.42. The zero-order valence-corrected chi connectivity index (χ0v) is 40.2. The van der Waals surface area contributed by atoms with Gasteiger partial charge >= 0.3 is 5.69 Å². The number of halogens is 1. The first-order valence-corrected chi connectivity index (χ1v) is 25.6. The number of hydrogen-bond acceptors (Lipinski definition) is 13. The van der Waals surface area contributed by atoms with Gasteiger partial charge in [0, 0.05) is 80.0 Å². The van der Waals surface area contributed by atoms with Crippen LogP contribution < -0.4 is 47.2 Å². The van der Waals surface area contributed by atoms with E-state index < -0.39 is 19.1 Å². The van der Waals surface area contributed by atoms with Crippen LogP contribution in [0.4, 0.5) is 28.8 Å². The number of methoxy groups -OCH3 is 1. The van der Waals surface area contributed by atoms with E-state index in [1.807, 2.05) is 49.4 Å². The summed E-state index contributed by atoms with van der Waals surface area (Å²) in [4.78, 5) is 53.9. The summed E-state index contributed by atoms with van der Waals surface area (Å²) in [6, 6.07) is 17.7. The topological polar surface area (TPSA) is 189 Å². The summed E-state index contributed by atoms with van der Waals surface area (Å²) in [7, 11) is 0.663. The van der Waals surface area contributed by atoms with E-state index in [1.165, 1.54) is 10.1 Å². The number of aromatic nitrogens is 5. The molecule has 6 aromatic rings. The van der Waals surface area contributed by atoms with E-state index in [0.29, 0.717) is 45.7 Å². The number of rotatable bonds is 16. The molecule has 2 aliphatic rings. The van der Waals surface area contributed by atoms with Crippen molar-refractivity contribution in [1.29, 1.82) is 0 Å². The molecule has 342 valence electrons. The molecule has 1 unspecified atom stereocenters. The number of hydrogen-bond donors (Lipinski definition) is 5. The van der Waals surface area contributed by atoms with E-state index >= 15 is 0 Å². The molecule has 3 aromatic carbocycles. The lowest BCUT2D eigenvalue weighted by molar-refractivity contribution is -0.135. The Morgan fingerprint density at radius 2 is 1.72 bits per heavy atom. The van der Waals surface area contributed by atoms with Gasteiger partial charge in [-0.25, -0.2) is 9.78 Å². The van der Waals surface area contributed by atoms with Gasteiger partial charge in [0.25, 0.3) is 0 Å². The second-order valence-corrected chi connectivity index (χ2v) is 21.2. The van der Waals surface area contributed by atoms with Crippen LogP contribution in [0, 0.1) is 6.92 Å². The third-order valence-electron chi connectivity index (χ3n) is 12.4. The average molecular weight is 967 g/mol. The second kappa shape index (κ2) is 19.5. The van der Waals surface area contributed by atoms with Crippen LogP contribution in [0.3, 0.4) is 0 Å². The van der Waals surface area contributed by atoms with Crippen molar-refractivity contribution in [3.8, 4) is 5.75 Å². The molecule has 5 heterocycles. The SMILES string of the molecule is CCc1cc(Nc2ncc(Br)c(Nc3ccc4nc(C)ccc4c3P(C)(C)=O)n2)c(OC)cc1N1CCC(NCCNCCc2ccc3c(c2)n(C)c(=O)n3C2CCC(=O)NC2=O)CC1. The summed E-state index contributed by atoms with van der Waals surface area (Å²) < 4.78 is 23.3. The zero-order chi connectivity index (χ0) is 46.0. The number of imidazole rings is 1. The number of piperidine rings is 2. The quantitative estimate of drug-likeness (QED) is 0.0406. The summed E-state index contributed by atoms with van der Waals surface area (Å²) >= 11 is 3.61. The van der Waals surface area contributed by atoms with Crippen LogP contribution in [0.25, 0.3) is 21.9 Å². The van der Waals surface area contributed by atoms with Crippen molar-refractivity contribution in [1.82, 2.24) is 40.0 Å². The number of aryl methyl sites for hydroxylation is 3. The van der Waals surface area contributed by atoms with Crippen molar-refractivity contribution in [2.75, 3.05) is 68.7 Å². The van der Waals surface area contributed by atoms with E-state index in [1.54, 1.807) is 38.3 Å². The third-order valence-corrected chi connectivity index (χ3v) is 14.5. The van der Waals surface area contributed by atoms with Crippen LogP contribution in [0.2, 0.25) is 0 Å². The highest BCUT2D eigenvalue weighted by Gasteiger charge is 2.31. The van der Waals surface area contributed by atoms with Crippen molar-refractivity contribution in [2.24, 2.45) is 7.05 Å². The molecule has 16 nitrogen and oxygen atoms in total. The molecule has 2 aliphatic heterocycles. The Kier molecular flexibility index (Phi) is 13.8. The van der Waals surface area contributed by atoms with E-state index in [4.69, 9.17) is 9.72 Å². The van der Waals surface area contributed by atoms with Gasteiger partial charge in [-0.15, -0.1) is 0 Å². The molecule has 3 aromatic heterocycles. The molecule has 65 heavy (non-hydrogen) atoms. The highest BCUT2D eigenvalue weighted by Crippen LogP contribution is 2.42. The van der Waals surface area contributed by atoms with Crippen molar-refractivity contribution in [2.45, 2.75) is 64.5 Å². The van der Waals surface area contributed by atoms with Crippen LogP contribution in [0.5, 0.6) is 5.75 Å². The largest absolute Gasteiger partial charge is 0.494 e. The molecular weight excluding hydrogens is 909 g/mol. The third kappa shape index (κ3) is 9.98. The minimum Gasteiger partial charge on any atom is -0.494 e.